The molecule has 1 amide bonds. The topological polar surface area (TPSA) is 63.2 Å². The van der Waals surface area contributed by atoms with Crippen molar-refractivity contribution >= 4 is 17.4 Å². The number of carbonyl (C=O) groups is 1. The molecule has 6 heteroatoms. The van der Waals surface area contributed by atoms with Crippen LogP contribution in [0.4, 0.5) is 4.79 Å². The quantitative estimate of drug-likeness (QED) is 0.789. The number of alkyl carbamates (subject to hydrolysis) is 1. The highest BCUT2D eigenvalue weighted by atomic mass is 32.1. The fourth-order valence-electron chi connectivity index (χ4n) is 1.54. The summed E-state index contributed by atoms with van der Waals surface area (Å²) in [5, 5.41) is 9.14. The Labute approximate surface area is 118 Å². The fraction of sp³-hybridized carbons (Fsp3) is 0.692. The second kappa shape index (κ2) is 7.45. The first-order valence-corrected chi connectivity index (χ1v) is 7.40. The van der Waals surface area contributed by atoms with Crippen LogP contribution in [0.3, 0.4) is 0 Å². The van der Waals surface area contributed by atoms with Gasteiger partial charge in [0.25, 0.3) is 0 Å². The molecule has 1 aromatic rings. The minimum Gasteiger partial charge on any atom is -0.444 e. The van der Waals surface area contributed by atoms with Crippen molar-refractivity contribution in [1.82, 2.24) is 15.6 Å². The summed E-state index contributed by atoms with van der Waals surface area (Å²) in [7, 11) is 0. The normalized spacial score (nSPS) is 13.1. The van der Waals surface area contributed by atoms with Crippen LogP contribution in [0.5, 0.6) is 0 Å². The van der Waals surface area contributed by atoms with Crippen molar-refractivity contribution in [2.24, 2.45) is 0 Å². The lowest BCUT2D eigenvalue weighted by Crippen LogP contribution is -2.37. The lowest BCUT2D eigenvalue weighted by molar-refractivity contribution is 0.0528. The third-order valence-corrected chi connectivity index (χ3v) is 3.23. The highest BCUT2D eigenvalue weighted by molar-refractivity contribution is 7.09. The smallest absolute Gasteiger partial charge is 0.407 e. The zero-order chi connectivity index (χ0) is 14.3. The predicted molar refractivity (Wildman–Crippen MR) is 77.4 cm³/mol. The average molecular weight is 285 g/mol. The molecule has 5 nitrogen and oxygen atoms in total. The molecule has 2 N–H and O–H groups in total. The van der Waals surface area contributed by atoms with E-state index in [0.29, 0.717) is 13.1 Å². The average Bonchev–Trinajstić information content (AvgIpc) is 2.80. The van der Waals surface area contributed by atoms with Crippen LogP contribution in [0.15, 0.2) is 11.6 Å². The maximum absolute atomic E-state index is 11.4. The van der Waals surface area contributed by atoms with Crippen LogP contribution in [0, 0.1) is 0 Å². The molecule has 108 valence electrons. The predicted octanol–water partition coefficient (Wildman–Crippen LogP) is 2.71. The van der Waals surface area contributed by atoms with E-state index < -0.39 is 5.60 Å². The molecule has 1 aromatic heterocycles. The number of hydrogen-bond acceptors (Lipinski definition) is 5. The highest BCUT2D eigenvalue weighted by Gasteiger charge is 2.16. The van der Waals surface area contributed by atoms with Gasteiger partial charge in [0.2, 0.25) is 0 Å². The molecule has 0 saturated carbocycles. The number of carbonyl (C=O) groups excluding carboxylic acids is 1. The number of amides is 1. The molecule has 0 spiro atoms. The maximum Gasteiger partial charge on any atom is 0.407 e. The number of ether oxygens (including phenoxy) is 1. The lowest BCUT2D eigenvalue weighted by Gasteiger charge is -2.20. The first-order valence-electron chi connectivity index (χ1n) is 6.52. The molecular formula is C13H23N3O2S. The van der Waals surface area contributed by atoms with Crippen molar-refractivity contribution in [2.45, 2.75) is 45.8 Å². The molecule has 1 unspecified atom stereocenters. The Balaban J connectivity index is 2.21. The van der Waals surface area contributed by atoms with E-state index in [2.05, 4.69) is 22.5 Å². The molecule has 0 saturated heterocycles. The van der Waals surface area contributed by atoms with Crippen LogP contribution in [0.2, 0.25) is 0 Å². The van der Waals surface area contributed by atoms with E-state index in [9.17, 15) is 4.79 Å². The van der Waals surface area contributed by atoms with Crippen LogP contribution in [-0.4, -0.2) is 29.8 Å². The Bertz CT molecular complexity index is 374. The van der Waals surface area contributed by atoms with Gasteiger partial charge in [0.15, 0.2) is 0 Å². The van der Waals surface area contributed by atoms with Gasteiger partial charge in [-0.15, -0.1) is 11.3 Å². The van der Waals surface area contributed by atoms with Crippen LogP contribution in [0.25, 0.3) is 0 Å². The Morgan fingerprint density at radius 2 is 2.21 bits per heavy atom. The highest BCUT2D eigenvalue weighted by Crippen LogP contribution is 2.18. The number of aromatic nitrogens is 1. The summed E-state index contributed by atoms with van der Waals surface area (Å²) in [5.41, 5.74) is -0.454. The number of nitrogens with zero attached hydrogens (tertiary/aromatic N) is 1. The molecule has 0 aliphatic rings. The molecule has 0 aliphatic carbocycles. The molecule has 1 rings (SSSR count). The third kappa shape index (κ3) is 6.54. The molecule has 0 aliphatic heterocycles. The molecular weight excluding hydrogens is 262 g/mol. The number of nitrogens with one attached hydrogen (secondary N) is 2. The van der Waals surface area contributed by atoms with Gasteiger partial charge < -0.3 is 15.4 Å². The standard InChI is InChI=1S/C13H23N3O2S/c1-5-10(11-15-8-9-19-11)14-6-7-16-12(17)18-13(2,3)4/h8-10,14H,5-7H2,1-4H3,(H,16,17). The van der Waals surface area contributed by atoms with E-state index in [-0.39, 0.29) is 12.1 Å². The lowest BCUT2D eigenvalue weighted by atomic mass is 10.2. The zero-order valence-electron chi connectivity index (χ0n) is 12.0. The molecule has 1 atom stereocenters. The minimum atomic E-state index is -0.454. The molecule has 0 aromatic carbocycles. The first kappa shape index (κ1) is 15.9. The SMILES string of the molecule is CCC(NCCNC(=O)OC(C)(C)C)c1nccs1. The van der Waals surface area contributed by atoms with E-state index in [1.54, 1.807) is 11.3 Å². The third-order valence-electron chi connectivity index (χ3n) is 2.34. The second-order valence-corrected chi connectivity index (χ2v) is 6.14. The van der Waals surface area contributed by atoms with E-state index in [1.807, 2.05) is 32.3 Å². The summed E-state index contributed by atoms with van der Waals surface area (Å²) in [5.74, 6) is 0. The van der Waals surface area contributed by atoms with Gasteiger partial charge in [0.05, 0.1) is 6.04 Å². The van der Waals surface area contributed by atoms with Gasteiger partial charge in [0, 0.05) is 24.7 Å². The summed E-state index contributed by atoms with van der Waals surface area (Å²) in [6, 6.07) is 0.250. The van der Waals surface area contributed by atoms with E-state index >= 15 is 0 Å². The van der Waals surface area contributed by atoms with Crippen molar-refractivity contribution in [3.05, 3.63) is 16.6 Å². The summed E-state index contributed by atoms with van der Waals surface area (Å²) in [6.07, 6.45) is 2.40. The summed E-state index contributed by atoms with van der Waals surface area (Å²) < 4.78 is 5.16. The van der Waals surface area contributed by atoms with Gasteiger partial charge >= 0.3 is 6.09 Å². The van der Waals surface area contributed by atoms with Gasteiger partial charge in [0.1, 0.15) is 10.6 Å². The zero-order valence-corrected chi connectivity index (χ0v) is 12.8. The van der Waals surface area contributed by atoms with Crippen molar-refractivity contribution in [3.8, 4) is 0 Å². The van der Waals surface area contributed by atoms with Gasteiger partial charge in [-0.3, -0.25) is 0 Å². The van der Waals surface area contributed by atoms with Crippen LogP contribution >= 0.6 is 11.3 Å². The Morgan fingerprint density at radius 3 is 2.74 bits per heavy atom. The molecule has 1 heterocycles. The summed E-state index contributed by atoms with van der Waals surface area (Å²) in [4.78, 5) is 15.7. The Hall–Kier alpha value is -1.14. The second-order valence-electron chi connectivity index (χ2n) is 5.21. The minimum absolute atomic E-state index is 0.250. The van der Waals surface area contributed by atoms with Crippen molar-refractivity contribution < 1.29 is 9.53 Å². The summed E-state index contributed by atoms with van der Waals surface area (Å²) in [6.45, 7) is 8.88. The molecule has 0 bridgehead atoms. The van der Waals surface area contributed by atoms with Crippen LogP contribution < -0.4 is 10.6 Å². The molecule has 0 radical (unpaired) electrons. The number of rotatable bonds is 6. The van der Waals surface area contributed by atoms with Crippen molar-refractivity contribution in [1.29, 1.82) is 0 Å². The molecule has 19 heavy (non-hydrogen) atoms. The summed E-state index contributed by atoms with van der Waals surface area (Å²) >= 11 is 1.64. The van der Waals surface area contributed by atoms with E-state index in [1.165, 1.54) is 0 Å². The van der Waals surface area contributed by atoms with E-state index in [4.69, 9.17) is 4.74 Å². The van der Waals surface area contributed by atoms with Gasteiger partial charge in [-0.25, -0.2) is 9.78 Å². The van der Waals surface area contributed by atoms with Crippen molar-refractivity contribution in [2.75, 3.05) is 13.1 Å². The first-order chi connectivity index (χ1) is 8.92. The Morgan fingerprint density at radius 1 is 1.47 bits per heavy atom. The number of thiazole rings is 1. The maximum atomic E-state index is 11.4. The van der Waals surface area contributed by atoms with Gasteiger partial charge in [-0.1, -0.05) is 6.92 Å². The van der Waals surface area contributed by atoms with Gasteiger partial charge in [-0.05, 0) is 27.2 Å². The Kier molecular flexibility index (Phi) is 6.24. The monoisotopic (exact) mass is 285 g/mol. The number of hydrogen-bond donors (Lipinski definition) is 2. The van der Waals surface area contributed by atoms with Gasteiger partial charge in [-0.2, -0.15) is 0 Å². The fourth-order valence-corrected chi connectivity index (χ4v) is 2.34. The van der Waals surface area contributed by atoms with Crippen LogP contribution in [0.1, 0.15) is 45.2 Å². The largest absolute Gasteiger partial charge is 0.444 e. The van der Waals surface area contributed by atoms with E-state index in [0.717, 1.165) is 11.4 Å². The molecule has 0 fully saturated rings. The van der Waals surface area contributed by atoms with Crippen molar-refractivity contribution in [3.63, 3.8) is 0 Å². The van der Waals surface area contributed by atoms with Crippen LogP contribution in [-0.2, 0) is 4.74 Å².